The molecule has 6 heteroatoms. The van der Waals surface area contributed by atoms with E-state index in [2.05, 4.69) is 31.1 Å². The number of carbonyl (C=O) groups excluding carboxylic acids is 1. The van der Waals surface area contributed by atoms with Crippen LogP contribution in [-0.4, -0.2) is 15.5 Å². The van der Waals surface area contributed by atoms with Gasteiger partial charge < -0.3 is 10.3 Å². The summed E-state index contributed by atoms with van der Waals surface area (Å²) in [5, 5.41) is 5.42. The molecule has 0 bridgehead atoms. The lowest BCUT2D eigenvalue weighted by Crippen LogP contribution is -2.17. The van der Waals surface area contributed by atoms with Crippen LogP contribution in [0.15, 0.2) is 17.6 Å². The van der Waals surface area contributed by atoms with Crippen molar-refractivity contribution < 1.29 is 4.79 Å². The van der Waals surface area contributed by atoms with E-state index < -0.39 is 0 Å². The Balaban J connectivity index is 2.17. The zero-order chi connectivity index (χ0) is 14.9. The molecule has 0 saturated carbocycles. The minimum atomic E-state index is -0.182. The van der Waals surface area contributed by atoms with E-state index in [0.717, 1.165) is 5.69 Å². The van der Waals surface area contributed by atoms with E-state index in [1.165, 1.54) is 11.3 Å². The number of anilines is 2. The Morgan fingerprint density at radius 1 is 1.50 bits per heavy atom. The van der Waals surface area contributed by atoms with Crippen molar-refractivity contribution in [1.82, 2.24) is 9.55 Å². The molecule has 2 aromatic heterocycles. The highest BCUT2D eigenvalue weighted by Gasteiger charge is 2.19. The fourth-order valence-electron chi connectivity index (χ4n) is 1.82. The van der Waals surface area contributed by atoms with E-state index >= 15 is 0 Å². The van der Waals surface area contributed by atoms with Crippen molar-refractivity contribution in [3.63, 3.8) is 0 Å². The second-order valence-corrected chi connectivity index (χ2v) is 6.54. The molecule has 0 unspecified atom stereocenters. The first-order valence-electron chi connectivity index (χ1n) is 6.54. The molecule has 0 aromatic carbocycles. The molecular formula is C14H20N4OS. The summed E-state index contributed by atoms with van der Waals surface area (Å²) in [6.07, 6.45) is 1.76. The van der Waals surface area contributed by atoms with Gasteiger partial charge >= 0.3 is 0 Å². The molecule has 3 N–H and O–H groups in total. The highest BCUT2D eigenvalue weighted by atomic mass is 32.1. The number of rotatable bonds is 3. The van der Waals surface area contributed by atoms with Crippen LogP contribution in [0, 0.1) is 0 Å². The first kappa shape index (κ1) is 14.6. The van der Waals surface area contributed by atoms with Crippen LogP contribution in [0.4, 0.5) is 10.8 Å². The zero-order valence-electron chi connectivity index (χ0n) is 12.2. The molecule has 0 saturated heterocycles. The number of nitrogens with zero attached hydrogens (tertiary/aromatic N) is 2. The van der Waals surface area contributed by atoms with Gasteiger partial charge in [0.15, 0.2) is 5.13 Å². The third kappa shape index (κ3) is 3.01. The van der Waals surface area contributed by atoms with Crippen molar-refractivity contribution in [1.29, 1.82) is 0 Å². The Hall–Kier alpha value is -1.82. The van der Waals surface area contributed by atoms with E-state index in [9.17, 15) is 4.79 Å². The number of aromatic nitrogens is 2. The van der Waals surface area contributed by atoms with Crippen molar-refractivity contribution in [3.8, 4) is 0 Å². The van der Waals surface area contributed by atoms with Gasteiger partial charge in [-0.15, -0.1) is 11.3 Å². The zero-order valence-corrected chi connectivity index (χ0v) is 13.0. The second kappa shape index (κ2) is 5.28. The normalized spacial score (nSPS) is 11.6. The number of nitrogens with two attached hydrogens (primary N) is 1. The quantitative estimate of drug-likeness (QED) is 0.913. The summed E-state index contributed by atoms with van der Waals surface area (Å²) in [6.45, 7) is 8.95. The number of thiazole rings is 1. The van der Waals surface area contributed by atoms with Crippen LogP contribution in [0.3, 0.4) is 0 Å². The number of hydrogen-bond donors (Lipinski definition) is 2. The van der Waals surface area contributed by atoms with Crippen molar-refractivity contribution in [2.75, 3.05) is 11.1 Å². The van der Waals surface area contributed by atoms with Gasteiger partial charge in [0.25, 0.3) is 5.91 Å². The van der Waals surface area contributed by atoms with Gasteiger partial charge in [-0.2, -0.15) is 0 Å². The summed E-state index contributed by atoms with van der Waals surface area (Å²) in [6, 6.07) is 1.68. The van der Waals surface area contributed by atoms with E-state index in [4.69, 9.17) is 5.73 Å². The molecule has 0 spiro atoms. The van der Waals surface area contributed by atoms with Crippen LogP contribution in [0.25, 0.3) is 0 Å². The second-order valence-electron chi connectivity index (χ2n) is 5.69. The highest BCUT2D eigenvalue weighted by Crippen LogP contribution is 2.26. The maximum atomic E-state index is 12.2. The highest BCUT2D eigenvalue weighted by molar-refractivity contribution is 7.14. The molecule has 108 valence electrons. The number of amides is 1. The fraction of sp³-hybridized carbons (Fsp3) is 0.429. The van der Waals surface area contributed by atoms with Gasteiger partial charge in [-0.3, -0.25) is 10.1 Å². The smallest absolute Gasteiger partial charge is 0.274 e. The van der Waals surface area contributed by atoms with E-state index in [1.807, 2.05) is 16.9 Å². The van der Waals surface area contributed by atoms with Crippen LogP contribution < -0.4 is 11.1 Å². The van der Waals surface area contributed by atoms with Gasteiger partial charge in [-0.05, 0) is 13.0 Å². The van der Waals surface area contributed by atoms with Gasteiger partial charge in [0, 0.05) is 23.5 Å². The Morgan fingerprint density at radius 3 is 2.75 bits per heavy atom. The lowest BCUT2D eigenvalue weighted by Gasteiger charge is -2.14. The maximum Gasteiger partial charge on any atom is 0.274 e. The molecule has 0 aliphatic rings. The van der Waals surface area contributed by atoms with Gasteiger partial charge in [0.2, 0.25) is 0 Å². The van der Waals surface area contributed by atoms with Crippen LogP contribution in [0.2, 0.25) is 0 Å². The molecule has 0 radical (unpaired) electrons. The molecule has 2 aromatic rings. The largest absolute Gasteiger partial charge is 0.397 e. The number of carbonyl (C=O) groups is 1. The van der Waals surface area contributed by atoms with E-state index in [0.29, 0.717) is 23.1 Å². The summed E-state index contributed by atoms with van der Waals surface area (Å²) in [7, 11) is 0. The number of hydrogen-bond acceptors (Lipinski definition) is 4. The third-order valence-corrected chi connectivity index (χ3v) is 3.74. The van der Waals surface area contributed by atoms with Crippen LogP contribution in [0.1, 0.15) is 43.9 Å². The molecular weight excluding hydrogens is 272 g/mol. The van der Waals surface area contributed by atoms with Gasteiger partial charge in [0.1, 0.15) is 5.69 Å². The number of nitrogen functional groups attached to an aromatic ring is 1. The van der Waals surface area contributed by atoms with Gasteiger partial charge in [-0.25, -0.2) is 4.98 Å². The molecule has 20 heavy (non-hydrogen) atoms. The molecule has 0 fully saturated rings. The molecule has 2 rings (SSSR count). The molecule has 1 amide bonds. The molecule has 0 aliphatic carbocycles. The first-order chi connectivity index (χ1) is 9.31. The van der Waals surface area contributed by atoms with Crippen molar-refractivity contribution in [2.24, 2.45) is 0 Å². The maximum absolute atomic E-state index is 12.2. The van der Waals surface area contributed by atoms with Crippen LogP contribution >= 0.6 is 11.3 Å². The average molecular weight is 292 g/mol. The van der Waals surface area contributed by atoms with Gasteiger partial charge in [0.05, 0.1) is 11.4 Å². The number of nitrogens with one attached hydrogen (secondary N) is 1. The summed E-state index contributed by atoms with van der Waals surface area (Å²) in [5.41, 5.74) is 7.83. The Morgan fingerprint density at radius 2 is 2.20 bits per heavy atom. The first-order valence-corrected chi connectivity index (χ1v) is 7.42. The summed E-state index contributed by atoms with van der Waals surface area (Å²) in [4.78, 5) is 16.7. The van der Waals surface area contributed by atoms with Gasteiger partial charge in [-0.1, -0.05) is 20.8 Å². The summed E-state index contributed by atoms with van der Waals surface area (Å²) in [5.74, 6) is -0.182. The molecule has 0 atom stereocenters. The summed E-state index contributed by atoms with van der Waals surface area (Å²) >= 11 is 1.44. The Labute approximate surface area is 122 Å². The van der Waals surface area contributed by atoms with E-state index in [-0.39, 0.29) is 11.3 Å². The van der Waals surface area contributed by atoms with Crippen LogP contribution in [-0.2, 0) is 12.0 Å². The SMILES string of the molecule is CCn1cc(N)cc1C(=O)Nc1nc(C(C)(C)C)cs1. The molecule has 0 aliphatic heterocycles. The van der Waals surface area contributed by atoms with Crippen LogP contribution in [0.5, 0.6) is 0 Å². The Bertz CT molecular complexity index is 621. The average Bonchev–Trinajstić information content (AvgIpc) is 2.94. The standard InChI is InChI=1S/C14H20N4OS/c1-5-18-7-9(15)6-10(18)12(19)17-13-16-11(8-20-13)14(2,3)4/h6-8H,5,15H2,1-4H3,(H,16,17,19). The Kier molecular flexibility index (Phi) is 3.85. The minimum Gasteiger partial charge on any atom is -0.397 e. The predicted octanol–water partition coefficient (Wildman–Crippen LogP) is 3.10. The predicted molar refractivity (Wildman–Crippen MR) is 83.3 cm³/mol. The summed E-state index contributed by atoms with van der Waals surface area (Å²) < 4.78 is 1.82. The monoisotopic (exact) mass is 292 g/mol. The molecule has 5 nitrogen and oxygen atoms in total. The lowest BCUT2D eigenvalue weighted by molar-refractivity contribution is 0.101. The van der Waals surface area contributed by atoms with Crippen molar-refractivity contribution in [2.45, 2.75) is 39.7 Å². The topological polar surface area (TPSA) is 72.9 Å². The van der Waals surface area contributed by atoms with Crippen molar-refractivity contribution in [3.05, 3.63) is 29.0 Å². The fourth-order valence-corrected chi connectivity index (χ4v) is 2.75. The third-order valence-electron chi connectivity index (χ3n) is 2.98. The number of aryl methyl sites for hydroxylation is 1. The van der Waals surface area contributed by atoms with E-state index in [1.54, 1.807) is 12.3 Å². The molecule has 2 heterocycles. The van der Waals surface area contributed by atoms with Crippen molar-refractivity contribution >= 4 is 28.1 Å². The minimum absolute atomic E-state index is 0.0203. The lowest BCUT2D eigenvalue weighted by atomic mass is 9.93.